The van der Waals surface area contributed by atoms with E-state index in [9.17, 15) is 0 Å². The Hall–Kier alpha value is 2.87. The molecule has 64 valence electrons. The van der Waals surface area contributed by atoms with Crippen molar-refractivity contribution < 1.29 is 35.3 Å². The number of rotatable bonds is 0. The summed E-state index contributed by atoms with van der Waals surface area (Å²) in [6.07, 6.45) is 0. The van der Waals surface area contributed by atoms with E-state index in [1.165, 1.54) is 0 Å². The molecule has 0 aromatic rings. The summed E-state index contributed by atoms with van der Waals surface area (Å²) in [5, 5.41) is 0. The minimum atomic E-state index is -5.39. The van der Waals surface area contributed by atoms with Crippen LogP contribution in [0.2, 0.25) is 0 Å². The summed E-state index contributed by atoms with van der Waals surface area (Å²) < 4.78 is 40.5. The van der Waals surface area contributed by atoms with E-state index >= 15 is 0 Å². The first-order chi connectivity index (χ1) is 4.00. The van der Waals surface area contributed by atoms with Gasteiger partial charge in [0.25, 0.3) is 0 Å². The molecule has 0 radical (unpaired) electrons. The summed E-state index contributed by atoms with van der Waals surface area (Å²) in [4.78, 5) is 25.6. The van der Waals surface area contributed by atoms with Crippen LogP contribution in [0.25, 0.3) is 0 Å². The quantitative estimate of drug-likeness (QED) is 0.328. The minimum absolute atomic E-state index is 0. The van der Waals surface area contributed by atoms with Crippen LogP contribution in [0.5, 0.6) is 0 Å². The Labute approximate surface area is 131 Å². The molecule has 0 fully saturated rings. The summed E-state index contributed by atoms with van der Waals surface area (Å²) in [5.41, 5.74) is 0. The van der Waals surface area contributed by atoms with Crippen molar-refractivity contribution in [1.29, 1.82) is 0 Å². The van der Waals surface area contributed by atoms with Crippen molar-refractivity contribution in [2.75, 3.05) is 0 Å². The SMILES string of the molecule is O=P([O-])([O-])[O-].O=[As]([O-])(O)O.[Ca+2].[Ca+2]. The maximum absolute atomic E-state index is 8.83. The Bertz CT molecular complexity index is 129. The molecule has 12 heavy (non-hydrogen) atoms. The van der Waals surface area contributed by atoms with Gasteiger partial charge in [-0.15, -0.1) is 0 Å². The van der Waals surface area contributed by atoms with E-state index in [2.05, 4.69) is 0 Å². The van der Waals surface area contributed by atoms with Gasteiger partial charge in [0.2, 0.25) is 0 Å². The summed E-state index contributed by atoms with van der Waals surface area (Å²) in [6.45, 7) is 0. The second-order valence-electron chi connectivity index (χ2n) is 0.938. The molecule has 0 heterocycles. The van der Waals surface area contributed by atoms with E-state index in [4.69, 9.17) is 35.3 Å². The molecule has 0 aliphatic heterocycles. The van der Waals surface area contributed by atoms with Gasteiger partial charge in [-0.1, -0.05) is 0 Å². The second-order valence-corrected chi connectivity index (χ2v) is 3.89. The van der Waals surface area contributed by atoms with Gasteiger partial charge in [0, 0.05) is 0 Å². The van der Waals surface area contributed by atoms with Crippen molar-refractivity contribution in [3.05, 3.63) is 0 Å². The van der Waals surface area contributed by atoms with Gasteiger partial charge in [-0.05, 0) is 0 Å². The van der Waals surface area contributed by atoms with Gasteiger partial charge in [0.15, 0.2) is 0 Å². The molecular formula is H2AsCa2O8P. The van der Waals surface area contributed by atoms with Gasteiger partial charge in [0.1, 0.15) is 0 Å². The zero-order chi connectivity index (χ0) is 9.00. The van der Waals surface area contributed by atoms with Crippen LogP contribution in [0.15, 0.2) is 0 Å². The van der Waals surface area contributed by atoms with Crippen LogP contribution in [0.4, 0.5) is 0 Å². The fourth-order valence-corrected chi connectivity index (χ4v) is 0. The van der Waals surface area contributed by atoms with Crippen LogP contribution in [-0.4, -0.2) is 98.2 Å². The molecule has 2 N–H and O–H groups in total. The third-order valence-corrected chi connectivity index (χ3v) is 0. The molecule has 0 spiro atoms. The van der Waals surface area contributed by atoms with Crippen molar-refractivity contribution in [3.8, 4) is 0 Å². The normalized spacial score (nSPS) is 9.83. The van der Waals surface area contributed by atoms with Crippen LogP contribution in [-0.2, 0) is 8.30 Å². The number of phosphoric acid groups is 1. The first-order valence-corrected chi connectivity index (χ1v) is 6.17. The van der Waals surface area contributed by atoms with E-state index in [-0.39, 0.29) is 75.5 Å². The molecule has 0 unspecified atom stereocenters. The molecule has 0 rings (SSSR count). The van der Waals surface area contributed by atoms with Gasteiger partial charge >= 0.3 is 106 Å². The second kappa shape index (κ2) is 10.4. The van der Waals surface area contributed by atoms with Crippen molar-refractivity contribution in [2.24, 2.45) is 0 Å². The average Bonchev–Trinajstić information content (AvgIpc) is 1.12. The first kappa shape index (κ1) is 24.2. The van der Waals surface area contributed by atoms with Crippen molar-refractivity contribution >= 4 is 97.8 Å². The van der Waals surface area contributed by atoms with Gasteiger partial charge in [0.05, 0.1) is 0 Å². The average molecular weight is 316 g/mol. The maximum atomic E-state index is 8.83. The Morgan fingerprint density at radius 1 is 1.08 bits per heavy atom. The molecule has 0 aromatic heterocycles. The zero-order valence-corrected chi connectivity index (χ0v) is 12.8. The molecule has 0 bridgehead atoms. The molecular weight excluding hydrogens is 314 g/mol. The summed E-state index contributed by atoms with van der Waals surface area (Å²) in [7, 11) is -5.39. The molecule has 0 amide bonds. The molecule has 0 atom stereocenters. The van der Waals surface area contributed by atoms with Gasteiger partial charge < -0.3 is 19.2 Å². The Morgan fingerprint density at radius 2 is 1.08 bits per heavy atom. The topological polar surface area (TPSA) is 167 Å². The zero-order valence-electron chi connectivity index (χ0n) is 5.65. The van der Waals surface area contributed by atoms with Crippen molar-refractivity contribution in [3.63, 3.8) is 0 Å². The maximum Gasteiger partial charge on any atom is 2.00 e. The Balaban J connectivity index is -0.0000000457. The molecule has 0 saturated heterocycles. The molecule has 0 aromatic carbocycles. The summed E-state index contributed by atoms with van der Waals surface area (Å²) >= 11 is -5.38. The molecule has 12 heteroatoms. The van der Waals surface area contributed by atoms with Crippen LogP contribution < -0.4 is 18.8 Å². The molecule has 0 aliphatic rings. The predicted octanol–water partition coefficient (Wildman–Crippen LogP) is -6.39. The summed E-state index contributed by atoms with van der Waals surface area (Å²) in [6, 6.07) is 0. The minimum Gasteiger partial charge on any atom is 2.00 e. The van der Waals surface area contributed by atoms with E-state index in [1.807, 2.05) is 0 Å². The standard InChI is InChI=1S/AsH3O4.2Ca.H3O4P/c2-1(3,4)5;;;1-5(2,3)4/h(H3,2,3,4,5);;;(H3,1,2,3,4)/q;2*+2;/p-4. The third kappa shape index (κ3) is 220. The predicted molar refractivity (Wildman–Crippen MR) is 30.0 cm³/mol. The fourth-order valence-electron chi connectivity index (χ4n) is 0. The fraction of sp³-hybridized carbons (Fsp3) is 0. The van der Waals surface area contributed by atoms with Crippen LogP contribution in [0.3, 0.4) is 0 Å². The summed E-state index contributed by atoms with van der Waals surface area (Å²) in [5.74, 6) is 0. The van der Waals surface area contributed by atoms with Crippen LogP contribution >= 0.6 is 7.82 Å². The van der Waals surface area contributed by atoms with Crippen molar-refractivity contribution in [2.45, 2.75) is 0 Å². The van der Waals surface area contributed by atoms with Crippen molar-refractivity contribution in [1.82, 2.24) is 0 Å². The monoisotopic (exact) mass is 316 g/mol. The Morgan fingerprint density at radius 3 is 1.08 bits per heavy atom. The number of hydrogen-bond acceptors (Lipinski definition) is 6. The van der Waals surface area contributed by atoms with E-state index in [0.29, 0.717) is 0 Å². The number of hydrogen-bond donors (Lipinski definition) is 2. The van der Waals surface area contributed by atoms with Gasteiger partial charge in [-0.25, -0.2) is 0 Å². The molecule has 8 nitrogen and oxygen atoms in total. The van der Waals surface area contributed by atoms with E-state index in [0.717, 1.165) is 0 Å². The first-order valence-electron chi connectivity index (χ1n) is 1.50. The van der Waals surface area contributed by atoms with E-state index < -0.39 is 22.3 Å². The largest absolute Gasteiger partial charge is 2.00 e. The van der Waals surface area contributed by atoms with Gasteiger partial charge in [-0.2, -0.15) is 7.82 Å². The van der Waals surface area contributed by atoms with Crippen LogP contribution in [0, 0.1) is 0 Å². The molecule has 0 aliphatic carbocycles. The van der Waals surface area contributed by atoms with Crippen LogP contribution in [0.1, 0.15) is 0 Å². The molecule has 0 saturated carbocycles. The smallest absolute Gasteiger partial charge is 2.00 e. The Kier molecular flexibility index (Phi) is 21.0. The van der Waals surface area contributed by atoms with E-state index in [1.54, 1.807) is 0 Å². The van der Waals surface area contributed by atoms with Gasteiger partial charge in [-0.3, -0.25) is 0 Å². The third-order valence-electron chi connectivity index (χ3n) is 0.